The van der Waals surface area contributed by atoms with Crippen LogP contribution in [0, 0.1) is 0 Å². The van der Waals surface area contributed by atoms with Crippen LogP contribution < -0.4 is 15.5 Å². The fourth-order valence-corrected chi connectivity index (χ4v) is 4.58. The lowest BCUT2D eigenvalue weighted by Gasteiger charge is -2.28. The van der Waals surface area contributed by atoms with Crippen molar-refractivity contribution in [3.05, 3.63) is 29.0 Å². The molecule has 8 nitrogen and oxygen atoms in total. The highest BCUT2D eigenvalue weighted by atomic mass is 32.2. The van der Waals surface area contributed by atoms with Gasteiger partial charge in [-0.2, -0.15) is 5.01 Å². The summed E-state index contributed by atoms with van der Waals surface area (Å²) < 4.78 is 5.16. The molecule has 0 radical (unpaired) electrons. The molecule has 32 heavy (non-hydrogen) atoms. The zero-order valence-electron chi connectivity index (χ0n) is 20.2. The number of rotatable bonds is 5. The van der Waals surface area contributed by atoms with Crippen LogP contribution in [0.5, 0.6) is 5.75 Å². The van der Waals surface area contributed by atoms with Crippen molar-refractivity contribution in [2.45, 2.75) is 57.3 Å². The van der Waals surface area contributed by atoms with E-state index < -0.39 is 0 Å². The molecule has 1 aromatic carbocycles. The number of benzene rings is 1. The normalized spacial score (nSPS) is 15.9. The maximum absolute atomic E-state index is 13.2. The number of thioether (sulfide) groups is 1. The Morgan fingerprint density at radius 3 is 2.16 bits per heavy atom. The van der Waals surface area contributed by atoms with Gasteiger partial charge in [0.05, 0.1) is 23.6 Å². The van der Waals surface area contributed by atoms with Gasteiger partial charge < -0.3 is 15.7 Å². The van der Waals surface area contributed by atoms with Crippen LogP contribution in [0.2, 0.25) is 0 Å². The fraction of sp³-hybridized carbons (Fsp3) is 0.609. The molecule has 0 aliphatic carbocycles. The Morgan fingerprint density at radius 1 is 1.12 bits per heavy atom. The quantitative estimate of drug-likeness (QED) is 0.397. The van der Waals surface area contributed by atoms with Gasteiger partial charge in [-0.15, -0.1) is 11.8 Å². The highest BCUT2D eigenvalue weighted by molar-refractivity contribution is 8.00. The molecule has 1 fully saturated rings. The molecule has 1 aliphatic rings. The van der Waals surface area contributed by atoms with Crippen molar-refractivity contribution in [3.8, 4) is 5.75 Å². The van der Waals surface area contributed by atoms with Crippen molar-refractivity contribution in [1.29, 1.82) is 0 Å². The second-order valence-electron chi connectivity index (χ2n) is 10.5. The van der Waals surface area contributed by atoms with Gasteiger partial charge in [0.15, 0.2) is 0 Å². The van der Waals surface area contributed by atoms with Crippen LogP contribution in [0.15, 0.2) is 21.6 Å². The Kier molecular flexibility index (Phi) is 6.81. The lowest BCUT2D eigenvalue weighted by Crippen LogP contribution is -2.67. The van der Waals surface area contributed by atoms with Crippen molar-refractivity contribution in [1.82, 2.24) is 10.2 Å². The number of likely N-dealkylation sites (N-methyl/N-ethyl adjacent to an activating group) is 1. The van der Waals surface area contributed by atoms with Crippen molar-refractivity contribution in [2.75, 3.05) is 49.7 Å². The van der Waals surface area contributed by atoms with Crippen molar-refractivity contribution in [2.24, 2.45) is 0 Å². The van der Waals surface area contributed by atoms with Gasteiger partial charge in [0.25, 0.3) is 0 Å². The Labute approximate surface area is 194 Å². The molecule has 2 heterocycles. The highest BCUT2D eigenvalue weighted by Crippen LogP contribution is 2.41. The van der Waals surface area contributed by atoms with Gasteiger partial charge in [-0.3, -0.25) is 9.32 Å². The second-order valence-corrected chi connectivity index (χ2v) is 11.6. The minimum absolute atomic E-state index is 0.0333. The smallest absolute Gasteiger partial charge is 0.374 e. The molecule has 1 saturated heterocycles. The number of hydrogen-bond donors (Lipinski definition) is 2. The van der Waals surface area contributed by atoms with Crippen LogP contribution in [0.1, 0.15) is 63.2 Å². The summed E-state index contributed by atoms with van der Waals surface area (Å²) in [6.45, 7) is 15.7. The van der Waals surface area contributed by atoms with E-state index in [0.29, 0.717) is 5.75 Å². The number of aromatic hydroxyl groups is 1. The largest absolute Gasteiger partial charge is 0.507 e. The van der Waals surface area contributed by atoms with Crippen molar-refractivity contribution in [3.63, 3.8) is 0 Å². The number of anilines is 1. The molecule has 0 unspecified atom stereocenters. The van der Waals surface area contributed by atoms with Gasteiger partial charge in [0.2, 0.25) is 11.1 Å². The number of nitrogens with two attached hydrogens (primary N) is 1. The van der Waals surface area contributed by atoms with Crippen LogP contribution in [-0.2, 0) is 10.8 Å². The molecular weight excluding hydrogens is 426 g/mol. The third-order valence-electron chi connectivity index (χ3n) is 5.73. The topological polar surface area (TPSA) is 99.7 Å². The molecule has 0 spiro atoms. The standard InChI is InChI=1S/C23H35N5O3S/c1-22(2,3)16-12-15(13-17(20(16)30)23(4,5)6)32-14-18(29)19-21(24)31-25-28(19)27-10-8-26(7)9-11-27/h12-13H,8-11,14H2,1-7H3,(H2-,24,25,29,30)/p+1. The van der Waals surface area contributed by atoms with E-state index in [0.717, 1.165) is 42.2 Å². The van der Waals surface area contributed by atoms with E-state index in [9.17, 15) is 9.90 Å². The molecular formula is C23H36N5O3S+. The fourth-order valence-electron chi connectivity index (χ4n) is 3.74. The van der Waals surface area contributed by atoms with Gasteiger partial charge in [-0.1, -0.05) is 41.5 Å². The summed E-state index contributed by atoms with van der Waals surface area (Å²) >= 11 is 1.43. The Morgan fingerprint density at radius 2 is 1.66 bits per heavy atom. The molecule has 3 rings (SSSR count). The molecule has 3 N–H and O–H groups in total. The molecule has 176 valence electrons. The summed E-state index contributed by atoms with van der Waals surface area (Å²) in [6, 6.07) is 3.96. The van der Waals surface area contributed by atoms with Crippen LogP contribution in [0.25, 0.3) is 0 Å². The Balaban J connectivity index is 1.85. The maximum atomic E-state index is 13.2. The molecule has 9 heteroatoms. The predicted molar refractivity (Wildman–Crippen MR) is 127 cm³/mol. The van der Waals surface area contributed by atoms with E-state index >= 15 is 0 Å². The number of nitrogen functional groups attached to an aromatic ring is 1. The van der Waals surface area contributed by atoms with Gasteiger partial charge in [-0.25, -0.2) is 0 Å². The number of nitrogens with zero attached hydrogens (tertiary/aromatic N) is 4. The Bertz CT molecular complexity index is 947. The minimum atomic E-state index is -0.228. The number of carbonyl (C=O) groups excluding carboxylic acids is 1. The van der Waals surface area contributed by atoms with E-state index in [1.807, 2.05) is 17.1 Å². The lowest BCUT2D eigenvalue weighted by atomic mass is 9.79. The number of ketones is 1. The summed E-state index contributed by atoms with van der Waals surface area (Å²) in [5.41, 5.74) is 7.55. The highest BCUT2D eigenvalue weighted by Gasteiger charge is 2.36. The average Bonchev–Trinajstić information content (AvgIpc) is 3.07. The van der Waals surface area contributed by atoms with Crippen LogP contribution in [0.3, 0.4) is 0 Å². The van der Waals surface area contributed by atoms with Crippen LogP contribution in [0.4, 0.5) is 5.88 Å². The number of phenols is 1. The zero-order chi connectivity index (χ0) is 23.8. The van der Waals surface area contributed by atoms with E-state index in [1.54, 1.807) is 0 Å². The minimum Gasteiger partial charge on any atom is -0.507 e. The summed E-state index contributed by atoms with van der Waals surface area (Å²) in [4.78, 5) is 17.8. The molecule has 0 amide bonds. The summed E-state index contributed by atoms with van der Waals surface area (Å²) in [5.74, 6) is 0.412. The monoisotopic (exact) mass is 462 g/mol. The number of Topliss-reactive ketones (excluding diaryl/α,β-unsaturated/α-hetero) is 1. The summed E-state index contributed by atoms with van der Waals surface area (Å²) in [6.07, 6.45) is 0. The molecule has 1 aromatic heterocycles. The number of aromatic nitrogens is 2. The molecule has 1 aliphatic heterocycles. The van der Waals surface area contributed by atoms with E-state index in [-0.39, 0.29) is 33.9 Å². The third-order valence-corrected chi connectivity index (χ3v) is 6.71. The third kappa shape index (κ3) is 5.20. The number of phenolic OH excluding ortho intramolecular Hbond substituents is 1. The van der Waals surface area contributed by atoms with E-state index in [4.69, 9.17) is 10.3 Å². The maximum Gasteiger partial charge on any atom is 0.374 e. The van der Waals surface area contributed by atoms with E-state index in [2.05, 4.69) is 58.8 Å². The van der Waals surface area contributed by atoms with Gasteiger partial charge in [-0.05, 0) is 30.0 Å². The molecule has 0 atom stereocenters. The first kappa shape index (κ1) is 24.4. The van der Waals surface area contributed by atoms with Crippen LogP contribution in [-0.4, -0.2) is 60.0 Å². The first-order valence-corrected chi connectivity index (χ1v) is 11.9. The summed E-state index contributed by atoms with van der Waals surface area (Å²) in [5, 5.41) is 16.9. The Hall–Kier alpha value is -2.26. The van der Waals surface area contributed by atoms with Gasteiger partial charge in [0.1, 0.15) is 5.75 Å². The van der Waals surface area contributed by atoms with Crippen molar-refractivity contribution >= 4 is 23.4 Å². The SMILES string of the molecule is CN1CCN([n+]2noc(N)c2C(=O)CSc2cc(C(C)(C)C)c(O)c(C(C)(C)C)c2)CC1. The number of carbonyl (C=O) groups is 1. The van der Waals surface area contributed by atoms with Gasteiger partial charge in [0, 0.05) is 29.1 Å². The molecule has 0 saturated carbocycles. The lowest BCUT2D eigenvalue weighted by molar-refractivity contribution is -0.760. The van der Waals surface area contributed by atoms with Crippen LogP contribution >= 0.6 is 11.8 Å². The molecule has 0 bridgehead atoms. The van der Waals surface area contributed by atoms with Crippen molar-refractivity contribution < 1.29 is 19.2 Å². The van der Waals surface area contributed by atoms with Gasteiger partial charge >= 0.3 is 11.6 Å². The second kappa shape index (κ2) is 8.94. The summed E-state index contributed by atoms with van der Waals surface area (Å²) in [7, 11) is 2.07. The predicted octanol–water partition coefficient (Wildman–Crippen LogP) is 2.70. The first-order valence-electron chi connectivity index (χ1n) is 10.9. The molecule has 2 aromatic rings. The number of piperazine rings is 1. The van der Waals surface area contributed by atoms with E-state index in [1.165, 1.54) is 16.6 Å². The first-order chi connectivity index (χ1) is 14.8. The average molecular weight is 463 g/mol. The zero-order valence-corrected chi connectivity index (χ0v) is 21.0. The number of hydrogen-bond acceptors (Lipinski definition) is 8.